The summed E-state index contributed by atoms with van der Waals surface area (Å²) in [5, 5.41) is 9.51. The van der Waals surface area contributed by atoms with Crippen molar-refractivity contribution in [2.75, 3.05) is 18.0 Å². The van der Waals surface area contributed by atoms with Crippen molar-refractivity contribution in [2.45, 2.75) is 39.5 Å². The molecule has 0 fully saturated rings. The molecule has 1 aromatic rings. The lowest BCUT2D eigenvalue weighted by Crippen LogP contribution is -2.30. The number of benzene rings is 1. The van der Waals surface area contributed by atoms with Crippen LogP contribution in [0.3, 0.4) is 0 Å². The van der Waals surface area contributed by atoms with Gasteiger partial charge < -0.3 is 15.7 Å². The van der Waals surface area contributed by atoms with Crippen LogP contribution in [0.2, 0.25) is 0 Å². The van der Waals surface area contributed by atoms with Gasteiger partial charge in [0.25, 0.3) is 0 Å². The summed E-state index contributed by atoms with van der Waals surface area (Å²) in [4.78, 5) is 14.0. The van der Waals surface area contributed by atoms with Crippen LogP contribution in [-0.4, -0.2) is 24.1 Å². The SMILES string of the molecule is CCC(CCN)CCC(=O)N(CC)c1cccc(O)c1. The molecule has 0 aliphatic heterocycles. The molecule has 0 bridgehead atoms. The Balaban J connectivity index is 2.63. The number of aromatic hydroxyl groups is 1. The first-order valence-electron chi connectivity index (χ1n) is 7.41. The Hall–Kier alpha value is -1.55. The van der Waals surface area contributed by atoms with Gasteiger partial charge in [-0.2, -0.15) is 0 Å². The maximum Gasteiger partial charge on any atom is 0.226 e. The van der Waals surface area contributed by atoms with Gasteiger partial charge in [-0.05, 0) is 44.4 Å². The van der Waals surface area contributed by atoms with E-state index in [1.165, 1.54) is 0 Å². The average molecular weight is 278 g/mol. The van der Waals surface area contributed by atoms with Crippen LogP contribution in [0.15, 0.2) is 24.3 Å². The number of hydrogen-bond donors (Lipinski definition) is 2. The first-order chi connectivity index (χ1) is 9.62. The molecule has 1 aromatic carbocycles. The summed E-state index contributed by atoms with van der Waals surface area (Å²) in [5.74, 6) is 0.809. The molecular formula is C16H26N2O2. The predicted octanol–water partition coefficient (Wildman–Crippen LogP) is 2.90. The molecule has 0 aromatic heterocycles. The van der Waals surface area contributed by atoms with Crippen LogP contribution >= 0.6 is 0 Å². The average Bonchev–Trinajstić information content (AvgIpc) is 2.44. The third-order valence-electron chi connectivity index (χ3n) is 3.68. The van der Waals surface area contributed by atoms with Gasteiger partial charge >= 0.3 is 0 Å². The number of phenols is 1. The summed E-state index contributed by atoms with van der Waals surface area (Å²) in [6.45, 7) is 5.36. The lowest BCUT2D eigenvalue weighted by Gasteiger charge is -2.22. The second kappa shape index (κ2) is 8.59. The van der Waals surface area contributed by atoms with Crippen LogP contribution in [0, 0.1) is 5.92 Å². The Morgan fingerprint density at radius 3 is 2.65 bits per heavy atom. The Labute approximate surface area is 121 Å². The Bertz CT molecular complexity index is 421. The lowest BCUT2D eigenvalue weighted by molar-refractivity contribution is -0.118. The maximum atomic E-state index is 12.3. The molecule has 0 spiro atoms. The standard InChI is InChI=1S/C16H26N2O2/c1-3-13(10-11-17)8-9-16(20)18(4-2)14-6-5-7-15(19)12-14/h5-7,12-13,19H,3-4,8-11,17H2,1-2H3. The van der Waals surface area contributed by atoms with Crippen molar-refractivity contribution in [2.24, 2.45) is 11.7 Å². The minimum Gasteiger partial charge on any atom is -0.508 e. The van der Waals surface area contributed by atoms with Gasteiger partial charge in [-0.15, -0.1) is 0 Å². The van der Waals surface area contributed by atoms with E-state index in [4.69, 9.17) is 5.73 Å². The van der Waals surface area contributed by atoms with Crippen LogP contribution in [0.1, 0.15) is 39.5 Å². The number of hydrogen-bond acceptors (Lipinski definition) is 3. The molecule has 4 nitrogen and oxygen atoms in total. The van der Waals surface area contributed by atoms with Crippen molar-refractivity contribution in [1.82, 2.24) is 0 Å². The molecule has 112 valence electrons. The second-order valence-electron chi connectivity index (χ2n) is 5.05. The molecule has 0 radical (unpaired) electrons. The molecule has 1 atom stereocenters. The smallest absolute Gasteiger partial charge is 0.226 e. The summed E-state index contributed by atoms with van der Waals surface area (Å²) in [7, 11) is 0. The number of carbonyl (C=O) groups excluding carboxylic acids is 1. The highest BCUT2D eigenvalue weighted by Crippen LogP contribution is 2.22. The van der Waals surface area contributed by atoms with Gasteiger partial charge in [0.05, 0.1) is 0 Å². The van der Waals surface area contributed by atoms with E-state index in [1.54, 1.807) is 23.1 Å². The van der Waals surface area contributed by atoms with Crippen LogP contribution in [0.4, 0.5) is 5.69 Å². The van der Waals surface area contributed by atoms with Crippen LogP contribution in [-0.2, 0) is 4.79 Å². The molecular weight excluding hydrogens is 252 g/mol. The zero-order valence-corrected chi connectivity index (χ0v) is 12.5. The van der Waals surface area contributed by atoms with Crippen molar-refractivity contribution >= 4 is 11.6 Å². The van der Waals surface area contributed by atoms with Gasteiger partial charge in [-0.25, -0.2) is 0 Å². The molecule has 0 aliphatic rings. The van der Waals surface area contributed by atoms with E-state index in [1.807, 2.05) is 13.0 Å². The largest absolute Gasteiger partial charge is 0.508 e. The van der Waals surface area contributed by atoms with Gasteiger partial charge in [-0.1, -0.05) is 19.4 Å². The van der Waals surface area contributed by atoms with Crippen LogP contribution < -0.4 is 10.6 Å². The Morgan fingerprint density at radius 1 is 1.35 bits per heavy atom. The minimum absolute atomic E-state index is 0.105. The Kier molecular flexibility index (Phi) is 7.09. The minimum atomic E-state index is 0.105. The highest BCUT2D eigenvalue weighted by Gasteiger charge is 2.16. The van der Waals surface area contributed by atoms with E-state index in [0.29, 0.717) is 25.4 Å². The van der Waals surface area contributed by atoms with Crippen molar-refractivity contribution in [3.8, 4) is 5.75 Å². The molecule has 0 heterocycles. The van der Waals surface area contributed by atoms with Crippen LogP contribution in [0.25, 0.3) is 0 Å². The van der Waals surface area contributed by atoms with Crippen LogP contribution in [0.5, 0.6) is 5.75 Å². The fourth-order valence-electron chi connectivity index (χ4n) is 2.41. The summed E-state index contributed by atoms with van der Waals surface area (Å²) in [6.07, 6.45) is 3.44. The number of nitrogens with zero attached hydrogens (tertiary/aromatic N) is 1. The van der Waals surface area contributed by atoms with E-state index >= 15 is 0 Å². The summed E-state index contributed by atoms with van der Waals surface area (Å²) >= 11 is 0. The van der Waals surface area contributed by atoms with E-state index in [9.17, 15) is 9.90 Å². The van der Waals surface area contributed by atoms with E-state index < -0.39 is 0 Å². The molecule has 20 heavy (non-hydrogen) atoms. The second-order valence-corrected chi connectivity index (χ2v) is 5.05. The summed E-state index contributed by atoms with van der Waals surface area (Å²) in [5.41, 5.74) is 6.34. The highest BCUT2D eigenvalue weighted by atomic mass is 16.3. The fraction of sp³-hybridized carbons (Fsp3) is 0.562. The predicted molar refractivity (Wildman–Crippen MR) is 82.8 cm³/mol. The van der Waals surface area contributed by atoms with Crippen molar-refractivity contribution < 1.29 is 9.90 Å². The molecule has 0 saturated heterocycles. The topological polar surface area (TPSA) is 66.6 Å². The van der Waals surface area contributed by atoms with Crippen molar-refractivity contribution in [3.63, 3.8) is 0 Å². The monoisotopic (exact) mass is 278 g/mol. The third kappa shape index (κ3) is 4.85. The molecule has 1 rings (SSSR count). The van der Waals surface area contributed by atoms with Gasteiger partial charge in [0, 0.05) is 24.7 Å². The fourth-order valence-corrected chi connectivity index (χ4v) is 2.41. The number of anilines is 1. The van der Waals surface area contributed by atoms with Gasteiger partial charge in [0.2, 0.25) is 5.91 Å². The number of rotatable bonds is 8. The molecule has 4 heteroatoms. The van der Waals surface area contributed by atoms with E-state index in [0.717, 1.165) is 24.9 Å². The van der Waals surface area contributed by atoms with E-state index in [-0.39, 0.29) is 11.7 Å². The normalized spacial score (nSPS) is 12.2. The Morgan fingerprint density at radius 2 is 2.10 bits per heavy atom. The number of carbonyl (C=O) groups is 1. The molecule has 0 aliphatic carbocycles. The number of amides is 1. The number of nitrogens with two attached hydrogens (primary N) is 1. The zero-order valence-electron chi connectivity index (χ0n) is 12.5. The quantitative estimate of drug-likeness (QED) is 0.768. The molecule has 1 unspecified atom stereocenters. The summed E-state index contributed by atoms with van der Waals surface area (Å²) in [6, 6.07) is 6.83. The molecule has 0 saturated carbocycles. The highest BCUT2D eigenvalue weighted by molar-refractivity contribution is 5.93. The lowest BCUT2D eigenvalue weighted by atomic mass is 9.96. The molecule has 1 amide bonds. The van der Waals surface area contributed by atoms with Crippen molar-refractivity contribution in [3.05, 3.63) is 24.3 Å². The summed E-state index contributed by atoms with van der Waals surface area (Å²) < 4.78 is 0. The van der Waals surface area contributed by atoms with Gasteiger partial charge in [-0.3, -0.25) is 4.79 Å². The third-order valence-corrected chi connectivity index (χ3v) is 3.68. The maximum absolute atomic E-state index is 12.3. The zero-order chi connectivity index (χ0) is 15.0. The van der Waals surface area contributed by atoms with Gasteiger partial charge in [0.15, 0.2) is 0 Å². The van der Waals surface area contributed by atoms with Gasteiger partial charge in [0.1, 0.15) is 5.75 Å². The first-order valence-corrected chi connectivity index (χ1v) is 7.41. The van der Waals surface area contributed by atoms with E-state index in [2.05, 4.69) is 6.92 Å². The first kappa shape index (κ1) is 16.5. The molecule has 3 N–H and O–H groups in total. The number of phenolic OH excluding ortho intramolecular Hbond substituents is 1. The van der Waals surface area contributed by atoms with Crippen molar-refractivity contribution in [1.29, 1.82) is 0 Å².